The van der Waals surface area contributed by atoms with Gasteiger partial charge in [-0.05, 0) is 19.1 Å². The fourth-order valence-electron chi connectivity index (χ4n) is 2.31. The number of rotatable bonds is 4. The van der Waals surface area contributed by atoms with Crippen molar-refractivity contribution in [3.63, 3.8) is 0 Å². The first-order chi connectivity index (χ1) is 12.1. The fourth-order valence-corrected chi connectivity index (χ4v) is 3.63. The van der Waals surface area contributed by atoms with Crippen molar-refractivity contribution in [3.05, 3.63) is 17.5 Å². The summed E-state index contributed by atoms with van der Waals surface area (Å²) >= 11 is 1.38. The fraction of sp³-hybridized carbons (Fsp3) is 0.500. The van der Waals surface area contributed by atoms with Crippen LogP contribution in [-0.2, 0) is 11.0 Å². The molecule has 1 aliphatic rings. The molecular formula is C12H12F3N7O3S. The molecule has 10 nitrogen and oxygen atoms in total. The molecule has 140 valence electrons. The summed E-state index contributed by atoms with van der Waals surface area (Å²) in [5.74, 6) is -3.33. The van der Waals surface area contributed by atoms with Gasteiger partial charge in [-0.15, -0.1) is 10.2 Å². The van der Waals surface area contributed by atoms with Crippen LogP contribution in [0.1, 0.15) is 28.7 Å². The van der Waals surface area contributed by atoms with E-state index < -0.39 is 41.2 Å². The van der Waals surface area contributed by atoms with E-state index in [-0.39, 0.29) is 18.0 Å². The largest absolute Gasteiger partial charge is 0.479 e. The standard InChI is InChI=1S/C12H12F3N7O3S/c1-5-16-6(7(23)18-11(9(24)25)2-3-26-4-11)21-22(5)10-17-8(19-20-10)12(13,14)15/h2-4H2,1H3,(H,18,23)(H,24,25)(H,17,19,20). The molecule has 1 unspecified atom stereocenters. The van der Waals surface area contributed by atoms with E-state index in [0.29, 0.717) is 5.75 Å². The molecule has 0 radical (unpaired) electrons. The Labute approximate surface area is 147 Å². The molecule has 0 aromatic carbocycles. The third-order valence-electron chi connectivity index (χ3n) is 3.69. The Balaban J connectivity index is 1.85. The molecule has 1 amide bonds. The van der Waals surface area contributed by atoms with Gasteiger partial charge in [0, 0.05) is 5.75 Å². The number of H-pyrrole nitrogens is 1. The van der Waals surface area contributed by atoms with Gasteiger partial charge >= 0.3 is 12.1 Å². The molecule has 14 heteroatoms. The van der Waals surface area contributed by atoms with Crippen molar-refractivity contribution in [2.45, 2.75) is 25.1 Å². The zero-order valence-electron chi connectivity index (χ0n) is 13.2. The van der Waals surface area contributed by atoms with Crippen LogP contribution < -0.4 is 5.32 Å². The number of carbonyl (C=O) groups is 2. The quantitative estimate of drug-likeness (QED) is 0.681. The van der Waals surface area contributed by atoms with Crippen LogP contribution in [0.3, 0.4) is 0 Å². The molecule has 26 heavy (non-hydrogen) atoms. The minimum Gasteiger partial charge on any atom is -0.479 e. The number of halogens is 3. The Morgan fingerprint density at radius 2 is 2.12 bits per heavy atom. The molecule has 1 aliphatic heterocycles. The van der Waals surface area contributed by atoms with Crippen molar-refractivity contribution in [2.75, 3.05) is 11.5 Å². The molecule has 1 fully saturated rings. The molecule has 0 saturated carbocycles. The molecule has 2 aromatic rings. The third-order valence-corrected chi connectivity index (χ3v) is 4.88. The highest BCUT2D eigenvalue weighted by Gasteiger charge is 2.44. The van der Waals surface area contributed by atoms with E-state index in [4.69, 9.17) is 0 Å². The van der Waals surface area contributed by atoms with Gasteiger partial charge in [0.25, 0.3) is 11.9 Å². The normalized spacial score (nSPS) is 20.3. The highest BCUT2D eigenvalue weighted by molar-refractivity contribution is 7.99. The van der Waals surface area contributed by atoms with Gasteiger partial charge in [-0.2, -0.15) is 34.6 Å². The van der Waals surface area contributed by atoms with Crippen molar-refractivity contribution in [1.82, 2.24) is 35.3 Å². The number of nitrogens with zero attached hydrogens (tertiary/aromatic N) is 5. The van der Waals surface area contributed by atoms with Gasteiger partial charge in [0.05, 0.1) is 0 Å². The molecule has 1 atom stereocenters. The number of aromatic amines is 1. The molecule has 3 N–H and O–H groups in total. The topological polar surface area (TPSA) is 139 Å². The van der Waals surface area contributed by atoms with E-state index >= 15 is 0 Å². The first kappa shape index (κ1) is 18.2. The summed E-state index contributed by atoms with van der Waals surface area (Å²) < 4.78 is 38.6. The number of carboxylic acids is 1. The van der Waals surface area contributed by atoms with E-state index in [1.54, 1.807) is 5.10 Å². The predicted molar refractivity (Wildman–Crippen MR) is 80.8 cm³/mol. The second-order valence-electron chi connectivity index (χ2n) is 5.52. The van der Waals surface area contributed by atoms with Crippen molar-refractivity contribution < 1.29 is 27.9 Å². The number of carboxylic acid groups (broad SMARTS) is 1. The smallest absolute Gasteiger partial charge is 0.451 e. The second-order valence-corrected chi connectivity index (χ2v) is 6.63. The number of hydrogen-bond acceptors (Lipinski definition) is 7. The average molecular weight is 391 g/mol. The molecule has 0 aliphatic carbocycles. The third kappa shape index (κ3) is 3.23. The zero-order chi connectivity index (χ0) is 19.1. The molecule has 3 heterocycles. The summed E-state index contributed by atoms with van der Waals surface area (Å²) in [7, 11) is 0. The second kappa shape index (κ2) is 6.26. The summed E-state index contributed by atoms with van der Waals surface area (Å²) in [6.07, 6.45) is -4.47. The Kier molecular flexibility index (Phi) is 4.37. The lowest BCUT2D eigenvalue weighted by Gasteiger charge is -2.23. The molecule has 0 spiro atoms. The Bertz CT molecular complexity index is 857. The predicted octanol–water partition coefficient (Wildman–Crippen LogP) is 0.403. The molecule has 3 rings (SSSR count). The van der Waals surface area contributed by atoms with Gasteiger partial charge in [0.1, 0.15) is 11.4 Å². The van der Waals surface area contributed by atoms with Gasteiger partial charge in [-0.3, -0.25) is 9.89 Å². The number of alkyl halides is 3. The Morgan fingerprint density at radius 3 is 2.65 bits per heavy atom. The highest BCUT2D eigenvalue weighted by Crippen LogP contribution is 2.29. The van der Waals surface area contributed by atoms with Crippen LogP contribution >= 0.6 is 11.8 Å². The highest BCUT2D eigenvalue weighted by atomic mass is 32.2. The first-order valence-corrected chi connectivity index (χ1v) is 8.35. The lowest BCUT2D eigenvalue weighted by molar-refractivity contribution is -0.145. The van der Waals surface area contributed by atoms with Crippen molar-refractivity contribution >= 4 is 23.6 Å². The van der Waals surface area contributed by atoms with Crippen LogP contribution in [-0.4, -0.2) is 64.0 Å². The molecular weight excluding hydrogens is 379 g/mol. The monoisotopic (exact) mass is 391 g/mol. The van der Waals surface area contributed by atoms with Crippen molar-refractivity contribution in [3.8, 4) is 5.95 Å². The minimum absolute atomic E-state index is 0.0630. The SMILES string of the molecule is Cc1nc(C(=O)NC2(C(=O)O)CCSC2)nn1-c1n[nH]c(C(F)(F)F)n1. The summed E-state index contributed by atoms with van der Waals surface area (Å²) in [6.45, 7) is 1.39. The van der Waals surface area contributed by atoms with Crippen molar-refractivity contribution in [1.29, 1.82) is 0 Å². The van der Waals surface area contributed by atoms with Crippen LogP contribution in [0.25, 0.3) is 5.95 Å². The molecule has 1 saturated heterocycles. The number of nitrogens with one attached hydrogen (secondary N) is 2. The van der Waals surface area contributed by atoms with E-state index in [0.717, 1.165) is 4.68 Å². The van der Waals surface area contributed by atoms with Crippen molar-refractivity contribution in [2.24, 2.45) is 0 Å². The Morgan fingerprint density at radius 1 is 1.38 bits per heavy atom. The van der Waals surface area contributed by atoms with Crippen LogP contribution in [0.2, 0.25) is 0 Å². The number of carbonyl (C=O) groups excluding carboxylic acids is 1. The maximum absolute atomic E-state index is 12.6. The van der Waals surface area contributed by atoms with Crippen LogP contribution in [0.4, 0.5) is 13.2 Å². The minimum atomic E-state index is -4.71. The van der Waals surface area contributed by atoms with Gasteiger partial charge in [0.15, 0.2) is 0 Å². The summed E-state index contributed by atoms with van der Waals surface area (Å²) in [5, 5.41) is 20.7. The first-order valence-electron chi connectivity index (χ1n) is 7.20. The summed E-state index contributed by atoms with van der Waals surface area (Å²) in [4.78, 5) is 30.9. The van der Waals surface area contributed by atoms with E-state index in [2.05, 4.69) is 25.5 Å². The average Bonchev–Trinajstić information content (AvgIpc) is 3.24. The van der Waals surface area contributed by atoms with E-state index in [1.165, 1.54) is 18.7 Å². The number of aromatic nitrogens is 6. The molecule has 0 bridgehead atoms. The maximum atomic E-state index is 12.6. The van der Waals surface area contributed by atoms with Crippen LogP contribution in [0.15, 0.2) is 0 Å². The lowest BCUT2D eigenvalue weighted by atomic mass is 9.99. The number of amides is 1. The molecule has 2 aromatic heterocycles. The zero-order valence-corrected chi connectivity index (χ0v) is 14.0. The summed E-state index contributed by atoms with van der Waals surface area (Å²) in [6, 6.07) is 0. The lowest BCUT2D eigenvalue weighted by Crippen LogP contribution is -2.55. The summed E-state index contributed by atoms with van der Waals surface area (Å²) in [5.41, 5.74) is -1.42. The van der Waals surface area contributed by atoms with Gasteiger partial charge < -0.3 is 10.4 Å². The van der Waals surface area contributed by atoms with E-state index in [1.807, 2.05) is 0 Å². The Hall–Kier alpha value is -2.64. The van der Waals surface area contributed by atoms with Gasteiger partial charge in [-0.1, -0.05) is 0 Å². The number of thioether (sulfide) groups is 1. The maximum Gasteiger partial charge on any atom is 0.451 e. The number of aliphatic carboxylic acids is 1. The number of aryl methyl sites for hydroxylation is 1. The van der Waals surface area contributed by atoms with Gasteiger partial charge in [-0.25, -0.2) is 9.78 Å². The van der Waals surface area contributed by atoms with Gasteiger partial charge in [0.2, 0.25) is 11.6 Å². The van der Waals surface area contributed by atoms with E-state index in [9.17, 15) is 27.9 Å². The van der Waals surface area contributed by atoms with Crippen LogP contribution in [0, 0.1) is 6.92 Å². The van der Waals surface area contributed by atoms with Crippen LogP contribution in [0.5, 0.6) is 0 Å². The number of hydrogen-bond donors (Lipinski definition) is 3.